The van der Waals surface area contributed by atoms with Crippen molar-refractivity contribution in [3.63, 3.8) is 0 Å². The standard InChI is InChI=1S/C16H33N3/c1-14(2)15-4-3-8-18(9-5-15)12-13-19-10-6-16(17)7-11-19/h14-16H,3-13,17H2,1-2H3. The third-order valence-electron chi connectivity index (χ3n) is 5.17. The predicted molar refractivity (Wildman–Crippen MR) is 82.3 cm³/mol. The van der Waals surface area contributed by atoms with E-state index in [0.29, 0.717) is 6.04 Å². The molecule has 2 saturated heterocycles. The zero-order valence-corrected chi connectivity index (χ0v) is 13.0. The van der Waals surface area contributed by atoms with Crippen molar-refractivity contribution in [2.75, 3.05) is 39.3 Å². The molecule has 3 heteroatoms. The SMILES string of the molecule is CC(C)C1CCCN(CCN2CCC(N)CC2)CC1. The maximum atomic E-state index is 5.96. The molecule has 0 bridgehead atoms. The van der Waals surface area contributed by atoms with Gasteiger partial charge in [0.05, 0.1) is 0 Å². The molecule has 0 aliphatic carbocycles. The fraction of sp³-hybridized carbons (Fsp3) is 1.00. The molecule has 1 atom stereocenters. The van der Waals surface area contributed by atoms with Gasteiger partial charge in [-0.3, -0.25) is 0 Å². The van der Waals surface area contributed by atoms with E-state index < -0.39 is 0 Å². The molecule has 2 N–H and O–H groups in total. The lowest BCUT2D eigenvalue weighted by Gasteiger charge is -2.32. The van der Waals surface area contributed by atoms with E-state index in [1.54, 1.807) is 0 Å². The lowest BCUT2D eigenvalue weighted by atomic mass is 9.89. The molecule has 112 valence electrons. The molecule has 19 heavy (non-hydrogen) atoms. The van der Waals surface area contributed by atoms with E-state index in [-0.39, 0.29) is 0 Å². The Labute approximate surface area is 119 Å². The smallest absolute Gasteiger partial charge is 0.0109 e. The van der Waals surface area contributed by atoms with Gasteiger partial charge in [-0.25, -0.2) is 0 Å². The van der Waals surface area contributed by atoms with Gasteiger partial charge >= 0.3 is 0 Å². The van der Waals surface area contributed by atoms with Gasteiger partial charge in [-0.2, -0.15) is 0 Å². The molecule has 2 fully saturated rings. The maximum absolute atomic E-state index is 5.96. The maximum Gasteiger partial charge on any atom is 0.0109 e. The highest BCUT2D eigenvalue weighted by Gasteiger charge is 2.20. The van der Waals surface area contributed by atoms with Crippen molar-refractivity contribution in [2.45, 2.75) is 52.0 Å². The van der Waals surface area contributed by atoms with Crippen molar-refractivity contribution in [3.8, 4) is 0 Å². The molecule has 0 spiro atoms. The summed E-state index contributed by atoms with van der Waals surface area (Å²) >= 11 is 0. The molecule has 0 saturated carbocycles. The Bertz CT molecular complexity index is 246. The molecule has 2 rings (SSSR count). The summed E-state index contributed by atoms with van der Waals surface area (Å²) in [4.78, 5) is 5.30. The van der Waals surface area contributed by atoms with Crippen LogP contribution in [0.5, 0.6) is 0 Å². The van der Waals surface area contributed by atoms with Gasteiger partial charge in [0.2, 0.25) is 0 Å². The van der Waals surface area contributed by atoms with E-state index in [1.807, 2.05) is 0 Å². The van der Waals surface area contributed by atoms with E-state index in [2.05, 4.69) is 23.6 Å². The highest BCUT2D eigenvalue weighted by molar-refractivity contribution is 4.76. The number of nitrogens with zero attached hydrogens (tertiary/aromatic N) is 2. The quantitative estimate of drug-likeness (QED) is 0.847. The van der Waals surface area contributed by atoms with Gasteiger partial charge in [-0.15, -0.1) is 0 Å². The monoisotopic (exact) mass is 267 g/mol. The molecule has 0 amide bonds. The van der Waals surface area contributed by atoms with Crippen molar-refractivity contribution in [2.24, 2.45) is 17.6 Å². The molecule has 2 aliphatic rings. The van der Waals surface area contributed by atoms with Gasteiger partial charge < -0.3 is 15.5 Å². The number of nitrogens with two attached hydrogens (primary N) is 1. The van der Waals surface area contributed by atoms with Gasteiger partial charge in [0, 0.05) is 19.1 Å². The first kappa shape index (κ1) is 15.3. The molecule has 0 aromatic heterocycles. The van der Waals surface area contributed by atoms with Crippen LogP contribution < -0.4 is 5.73 Å². The van der Waals surface area contributed by atoms with Crippen molar-refractivity contribution < 1.29 is 0 Å². The molecule has 2 heterocycles. The molecule has 0 aromatic carbocycles. The van der Waals surface area contributed by atoms with E-state index >= 15 is 0 Å². The summed E-state index contributed by atoms with van der Waals surface area (Å²) in [7, 11) is 0. The highest BCUT2D eigenvalue weighted by atomic mass is 15.2. The Morgan fingerprint density at radius 3 is 2.11 bits per heavy atom. The first-order chi connectivity index (χ1) is 9.15. The predicted octanol–water partition coefficient (Wildman–Crippen LogP) is 2.17. The van der Waals surface area contributed by atoms with Crippen LogP contribution >= 0.6 is 0 Å². The summed E-state index contributed by atoms with van der Waals surface area (Å²) in [5.74, 6) is 1.82. The molecule has 2 aliphatic heterocycles. The Kier molecular flexibility index (Phi) is 6.11. The minimum absolute atomic E-state index is 0.459. The normalized spacial score (nSPS) is 28.7. The second-order valence-electron chi connectivity index (χ2n) is 6.96. The zero-order chi connectivity index (χ0) is 13.7. The molecule has 1 unspecified atom stereocenters. The van der Waals surface area contributed by atoms with Gasteiger partial charge in [0.15, 0.2) is 0 Å². The molecule has 0 aromatic rings. The molecule has 0 radical (unpaired) electrons. The Morgan fingerprint density at radius 2 is 1.47 bits per heavy atom. The first-order valence-corrected chi connectivity index (χ1v) is 8.35. The van der Waals surface area contributed by atoms with Crippen molar-refractivity contribution >= 4 is 0 Å². The van der Waals surface area contributed by atoms with Gasteiger partial charge in [0.1, 0.15) is 0 Å². The van der Waals surface area contributed by atoms with Crippen LogP contribution in [0.1, 0.15) is 46.0 Å². The van der Waals surface area contributed by atoms with Crippen LogP contribution in [0.25, 0.3) is 0 Å². The summed E-state index contributed by atoms with van der Waals surface area (Å²) in [6.07, 6.45) is 6.62. The Balaban J connectivity index is 1.66. The van der Waals surface area contributed by atoms with Crippen LogP contribution in [0, 0.1) is 11.8 Å². The van der Waals surface area contributed by atoms with E-state index in [0.717, 1.165) is 11.8 Å². The zero-order valence-electron chi connectivity index (χ0n) is 13.0. The van der Waals surface area contributed by atoms with E-state index in [1.165, 1.54) is 71.4 Å². The average molecular weight is 267 g/mol. The van der Waals surface area contributed by atoms with Crippen molar-refractivity contribution in [1.29, 1.82) is 0 Å². The lowest BCUT2D eigenvalue weighted by Crippen LogP contribution is -2.43. The Hall–Kier alpha value is -0.120. The lowest BCUT2D eigenvalue weighted by molar-refractivity contribution is 0.174. The van der Waals surface area contributed by atoms with Gasteiger partial charge in [-0.05, 0) is 70.1 Å². The summed E-state index contributed by atoms with van der Waals surface area (Å²) in [6.45, 7) is 12.3. The van der Waals surface area contributed by atoms with E-state index in [9.17, 15) is 0 Å². The number of likely N-dealkylation sites (tertiary alicyclic amines) is 2. The number of hydrogen-bond donors (Lipinski definition) is 1. The summed E-state index contributed by atoms with van der Waals surface area (Å²) in [5, 5.41) is 0. The molecular formula is C16H33N3. The van der Waals surface area contributed by atoms with Crippen LogP contribution in [0.15, 0.2) is 0 Å². The Morgan fingerprint density at radius 1 is 0.895 bits per heavy atom. The van der Waals surface area contributed by atoms with Crippen LogP contribution in [0.3, 0.4) is 0 Å². The fourth-order valence-corrected chi connectivity index (χ4v) is 3.53. The van der Waals surface area contributed by atoms with Crippen molar-refractivity contribution in [1.82, 2.24) is 9.80 Å². The van der Waals surface area contributed by atoms with Crippen LogP contribution in [0.4, 0.5) is 0 Å². The average Bonchev–Trinajstić information content (AvgIpc) is 2.63. The molecule has 3 nitrogen and oxygen atoms in total. The number of rotatable bonds is 4. The second-order valence-corrected chi connectivity index (χ2v) is 6.96. The number of piperidine rings is 1. The summed E-state index contributed by atoms with van der Waals surface area (Å²) in [5.41, 5.74) is 5.96. The largest absolute Gasteiger partial charge is 0.328 e. The third-order valence-corrected chi connectivity index (χ3v) is 5.17. The van der Waals surface area contributed by atoms with Gasteiger partial charge in [0.25, 0.3) is 0 Å². The third kappa shape index (κ3) is 5.05. The highest BCUT2D eigenvalue weighted by Crippen LogP contribution is 2.24. The molecular weight excluding hydrogens is 234 g/mol. The fourth-order valence-electron chi connectivity index (χ4n) is 3.53. The number of hydrogen-bond acceptors (Lipinski definition) is 3. The topological polar surface area (TPSA) is 32.5 Å². The minimum atomic E-state index is 0.459. The second kappa shape index (κ2) is 7.61. The van der Waals surface area contributed by atoms with Crippen LogP contribution in [0.2, 0.25) is 0 Å². The van der Waals surface area contributed by atoms with Crippen LogP contribution in [-0.4, -0.2) is 55.1 Å². The first-order valence-electron chi connectivity index (χ1n) is 8.35. The van der Waals surface area contributed by atoms with Crippen LogP contribution in [-0.2, 0) is 0 Å². The van der Waals surface area contributed by atoms with Crippen molar-refractivity contribution in [3.05, 3.63) is 0 Å². The summed E-state index contributed by atoms with van der Waals surface area (Å²) in [6, 6.07) is 0.459. The summed E-state index contributed by atoms with van der Waals surface area (Å²) < 4.78 is 0. The van der Waals surface area contributed by atoms with E-state index in [4.69, 9.17) is 5.73 Å². The minimum Gasteiger partial charge on any atom is -0.328 e. The van der Waals surface area contributed by atoms with Gasteiger partial charge in [-0.1, -0.05) is 13.8 Å².